The summed E-state index contributed by atoms with van der Waals surface area (Å²) in [5.41, 5.74) is 6.66. The van der Waals surface area contributed by atoms with E-state index in [2.05, 4.69) is 5.32 Å². The van der Waals surface area contributed by atoms with Crippen molar-refractivity contribution in [1.29, 1.82) is 0 Å². The number of aryl methyl sites for hydroxylation is 1. The Morgan fingerprint density at radius 2 is 2.17 bits per heavy atom. The molecule has 3 N–H and O–H groups in total. The minimum absolute atomic E-state index is 0.189. The number of hydrogen-bond acceptors (Lipinski definition) is 3. The molecular formula is C13H13FN2OS. The Kier molecular flexibility index (Phi) is 3.74. The van der Waals surface area contributed by atoms with Crippen molar-refractivity contribution in [3.63, 3.8) is 0 Å². The van der Waals surface area contributed by atoms with Gasteiger partial charge in [0, 0.05) is 4.88 Å². The minimum Gasteiger partial charge on any atom is -0.322 e. The van der Waals surface area contributed by atoms with Crippen molar-refractivity contribution in [3.05, 3.63) is 52.0 Å². The van der Waals surface area contributed by atoms with Crippen LogP contribution in [0.2, 0.25) is 0 Å². The van der Waals surface area contributed by atoms with Crippen molar-refractivity contribution in [2.24, 2.45) is 5.73 Å². The first-order valence-electron chi connectivity index (χ1n) is 5.44. The predicted molar refractivity (Wildman–Crippen MR) is 71.0 cm³/mol. The zero-order valence-electron chi connectivity index (χ0n) is 9.81. The van der Waals surface area contributed by atoms with Crippen LogP contribution in [0, 0.1) is 12.7 Å². The molecule has 3 nitrogen and oxygen atoms in total. The van der Waals surface area contributed by atoms with Crippen LogP contribution in [-0.2, 0) is 4.79 Å². The zero-order chi connectivity index (χ0) is 13.1. The van der Waals surface area contributed by atoms with Gasteiger partial charge in [-0.2, -0.15) is 0 Å². The van der Waals surface area contributed by atoms with E-state index >= 15 is 0 Å². The average Bonchev–Trinajstić information content (AvgIpc) is 2.86. The molecule has 2 aromatic rings. The number of carbonyl (C=O) groups is 1. The Balaban J connectivity index is 2.17. The molecule has 1 unspecified atom stereocenters. The highest BCUT2D eigenvalue weighted by atomic mass is 32.1. The van der Waals surface area contributed by atoms with Gasteiger partial charge in [0.15, 0.2) is 0 Å². The van der Waals surface area contributed by atoms with Gasteiger partial charge in [-0.15, -0.1) is 11.3 Å². The number of hydrogen-bond donors (Lipinski definition) is 2. The van der Waals surface area contributed by atoms with Crippen molar-refractivity contribution in [1.82, 2.24) is 0 Å². The Bertz CT molecular complexity index is 534. The third-order valence-electron chi connectivity index (χ3n) is 2.60. The molecule has 0 aliphatic rings. The summed E-state index contributed by atoms with van der Waals surface area (Å²) in [6.45, 7) is 1.73. The molecule has 2 rings (SSSR count). The zero-order valence-corrected chi connectivity index (χ0v) is 10.6. The van der Waals surface area contributed by atoms with Crippen LogP contribution < -0.4 is 11.1 Å². The van der Waals surface area contributed by atoms with Crippen LogP contribution in [0.5, 0.6) is 0 Å². The van der Waals surface area contributed by atoms with Gasteiger partial charge in [0.05, 0.1) is 5.69 Å². The second-order valence-electron chi connectivity index (χ2n) is 3.91. The number of anilines is 1. The second-order valence-corrected chi connectivity index (χ2v) is 4.89. The normalized spacial score (nSPS) is 12.2. The Morgan fingerprint density at radius 1 is 1.39 bits per heavy atom. The predicted octanol–water partition coefficient (Wildman–Crippen LogP) is 2.83. The van der Waals surface area contributed by atoms with Crippen molar-refractivity contribution in [2.45, 2.75) is 13.0 Å². The van der Waals surface area contributed by atoms with E-state index in [0.717, 1.165) is 4.88 Å². The number of nitrogens with two attached hydrogens (primary N) is 1. The molecule has 1 amide bonds. The molecule has 0 aliphatic heterocycles. The summed E-state index contributed by atoms with van der Waals surface area (Å²) >= 11 is 1.40. The lowest BCUT2D eigenvalue weighted by Crippen LogP contribution is -2.27. The summed E-state index contributed by atoms with van der Waals surface area (Å²) in [6, 6.07) is 7.46. The van der Waals surface area contributed by atoms with Crippen molar-refractivity contribution >= 4 is 22.9 Å². The first-order valence-corrected chi connectivity index (χ1v) is 6.32. The molecule has 1 heterocycles. The number of rotatable bonds is 3. The number of thiophene rings is 1. The number of para-hydroxylation sites is 1. The van der Waals surface area contributed by atoms with Gasteiger partial charge in [0.25, 0.3) is 0 Å². The van der Waals surface area contributed by atoms with Crippen LogP contribution in [0.25, 0.3) is 0 Å². The van der Waals surface area contributed by atoms with Gasteiger partial charge in [0.1, 0.15) is 11.9 Å². The largest absolute Gasteiger partial charge is 0.322 e. The fraction of sp³-hybridized carbons (Fsp3) is 0.154. The van der Waals surface area contributed by atoms with Crippen LogP contribution in [0.1, 0.15) is 16.5 Å². The van der Waals surface area contributed by atoms with E-state index < -0.39 is 17.8 Å². The van der Waals surface area contributed by atoms with Crippen LogP contribution >= 0.6 is 11.3 Å². The Hall–Kier alpha value is -1.72. The van der Waals surface area contributed by atoms with Crippen molar-refractivity contribution in [2.75, 3.05) is 5.32 Å². The third kappa shape index (κ3) is 2.57. The molecule has 0 radical (unpaired) electrons. The molecule has 0 saturated carbocycles. The molecule has 0 bridgehead atoms. The summed E-state index contributed by atoms with van der Waals surface area (Å²) < 4.78 is 13.6. The number of carbonyl (C=O) groups excluding carboxylic acids is 1. The highest BCUT2D eigenvalue weighted by Gasteiger charge is 2.18. The van der Waals surface area contributed by atoms with Gasteiger partial charge < -0.3 is 11.1 Å². The Labute approximate surface area is 108 Å². The Morgan fingerprint density at radius 3 is 2.78 bits per heavy atom. The van der Waals surface area contributed by atoms with E-state index in [1.807, 2.05) is 11.4 Å². The van der Waals surface area contributed by atoms with Gasteiger partial charge in [-0.25, -0.2) is 4.39 Å². The summed E-state index contributed by atoms with van der Waals surface area (Å²) in [7, 11) is 0. The molecule has 18 heavy (non-hydrogen) atoms. The van der Waals surface area contributed by atoms with Gasteiger partial charge >= 0.3 is 0 Å². The fourth-order valence-corrected chi connectivity index (χ4v) is 2.31. The molecule has 1 atom stereocenters. The van der Waals surface area contributed by atoms with Gasteiger partial charge in [0.2, 0.25) is 5.91 Å². The molecular weight excluding hydrogens is 251 g/mol. The summed E-state index contributed by atoms with van der Waals surface area (Å²) in [5.74, 6) is -0.868. The summed E-state index contributed by atoms with van der Waals surface area (Å²) in [6.07, 6.45) is 0. The molecule has 5 heteroatoms. The van der Waals surface area contributed by atoms with E-state index in [1.54, 1.807) is 25.1 Å². The fourth-order valence-electron chi connectivity index (χ4n) is 1.59. The highest BCUT2D eigenvalue weighted by molar-refractivity contribution is 7.10. The minimum atomic E-state index is -0.774. The summed E-state index contributed by atoms with van der Waals surface area (Å²) in [5, 5.41) is 4.38. The topological polar surface area (TPSA) is 55.1 Å². The molecule has 1 aromatic carbocycles. The van der Waals surface area contributed by atoms with Gasteiger partial charge in [-0.1, -0.05) is 18.2 Å². The van der Waals surface area contributed by atoms with Gasteiger partial charge in [-0.05, 0) is 30.0 Å². The SMILES string of the molecule is Cc1cccc(F)c1NC(=O)C(N)c1cccs1. The van der Waals surface area contributed by atoms with Gasteiger partial charge in [-0.3, -0.25) is 4.79 Å². The maximum atomic E-state index is 13.6. The van der Waals surface area contributed by atoms with Crippen molar-refractivity contribution in [3.8, 4) is 0 Å². The van der Waals surface area contributed by atoms with E-state index in [0.29, 0.717) is 5.56 Å². The highest BCUT2D eigenvalue weighted by Crippen LogP contribution is 2.22. The summed E-state index contributed by atoms with van der Waals surface area (Å²) in [4.78, 5) is 12.7. The lowest BCUT2D eigenvalue weighted by Gasteiger charge is -2.13. The standard InChI is InChI=1S/C13H13FN2OS/c1-8-4-2-5-9(14)12(8)16-13(17)11(15)10-6-3-7-18-10/h2-7,11H,15H2,1H3,(H,16,17). The number of benzene rings is 1. The molecule has 0 fully saturated rings. The third-order valence-corrected chi connectivity index (χ3v) is 3.56. The lowest BCUT2D eigenvalue weighted by molar-refractivity contribution is -0.117. The number of nitrogens with one attached hydrogen (secondary N) is 1. The van der Waals surface area contributed by atoms with Crippen molar-refractivity contribution < 1.29 is 9.18 Å². The lowest BCUT2D eigenvalue weighted by atomic mass is 10.1. The van der Waals surface area contributed by atoms with E-state index in [1.165, 1.54) is 17.4 Å². The number of halogens is 1. The molecule has 0 saturated heterocycles. The van der Waals surface area contributed by atoms with E-state index in [4.69, 9.17) is 5.73 Å². The van der Waals surface area contributed by atoms with Crippen LogP contribution in [0.3, 0.4) is 0 Å². The molecule has 1 aromatic heterocycles. The second kappa shape index (κ2) is 5.29. The average molecular weight is 264 g/mol. The first kappa shape index (κ1) is 12.7. The first-order chi connectivity index (χ1) is 8.59. The molecule has 0 aliphatic carbocycles. The van der Waals surface area contributed by atoms with E-state index in [-0.39, 0.29) is 5.69 Å². The monoisotopic (exact) mass is 264 g/mol. The number of amides is 1. The quantitative estimate of drug-likeness (QED) is 0.895. The smallest absolute Gasteiger partial charge is 0.246 e. The van der Waals surface area contributed by atoms with E-state index in [9.17, 15) is 9.18 Å². The van der Waals surface area contributed by atoms with Crippen LogP contribution in [0.15, 0.2) is 35.7 Å². The molecule has 94 valence electrons. The molecule has 0 spiro atoms. The maximum Gasteiger partial charge on any atom is 0.246 e. The maximum absolute atomic E-state index is 13.6. The van der Waals surface area contributed by atoms with Crippen LogP contribution in [-0.4, -0.2) is 5.91 Å². The van der Waals surface area contributed by atoms with Crippen LogP contribution in [0.4, 0.5) is 10.1 Å².